The van der Waals surface area contributed by atoms with Gasteiger partial charge < -0.3 is 39.4 Å². The fourth-order valence-electron chi connectivity index (χ4n) is 11.6. The second-order valence-corrected chi connectivity index (χ2v) is 17.2. The molecule has 4 N–H and O–H groups in total. The summed E-state index contributed by atoms with van der Waals surface area (Å²) in [6.07, 6.45) is 10.5. The summed E-state index contributed by atoms with van der Waals surface area (Å²) in [5, 5.41) is 41.1. The van der Waals surface area contributed by atoms with Crippen molar-refractivity contribution in [1.82, 2.24) is 0 Å². The molecule has 2 bridgehead atoms. The SMILES string of the molecule is COC(C)(C)/C=C/CC(C)C1CCC2(C)C3C=CC45OCC3(CCC12C)C4CCC(OC1OC(CO)C(O)C(O)C1O)C5(C)C. The topological polar surface area (TPSA) is 118 Å². The zero-order chi connectivity index (χ0) is 32.8. The summed E-state index contributed by atoms with van der Waals surface area (Å²) in [6.45, 7) is 16.6. The molecule has 1 spiro atoms. The highest BCUT2D eigenvalue weighted by Crippen LogP contribution is 2.77. The van der Waals surface area contributed by atoms with Gasteiger partial charge in [-0.15, -0.1) is 0 Å². The summed E-state index contributed by atoms with van der Waals surface area (Å²) in [6, 6.07) is 0. The lowest BCUT2D eigenvalue weighted by molar-refractivity contribution is -0.329. The number of hydrogen-bond acceptors (Lipinski definition) is 8. The molecule has 2 aliphatic heterocycles. The molecule has 8 heteroatoms. The molecule has 0 aromatic rings. The molecule has 5 fully saturated rings. The Hall–Kier alpha value is -0.840. The van der Waals surface area contributed by atoms with Crippen LogP contribution in [0.15, 0.2) is 24.3 Å². The fraction of sp³-hybridized carbons (Fsp3) is 0.892. The first-order valence-electron chi connectivity index (χ1n) is 17.6. The first-order chi connectivity index (χ1) is 21.0. The third kappa shape index (κ3) is 4.74. The van der Waals surface area contributed by atoms with Gasteiger partial charge in [0.25, 0.3) is 0 Å². The van der Waals surface area contributed by atoms with Gasteiger partial charge in [0.1, 0.15) is 24.4 Å². The maximum Gasteiger partial charge on any atom is 0.186 e. The van der Waals surface area contributed by atoms with Crippen LogP contribution in [-0.4, -0.2) is 88.8 Å². The Bertz CT molecular complexity index is 1170. The van der Waals surface area contributed by atoms with Crippen LogP contribution in [0.25, 0.3) is 0 Å². The van der Waals surface area contributed by atoms with Crippen LogP contribution in [0.4, 0.5) is 0 Å². The maximum absolute atomic E-state index is 10.7. The highest BCUT2D eigenvalue weighted by molar-refractivity contribution is 5.33. The first-order valence-corrected chi connectivity index (χ1v) is 17.6. The van der Waals surface area contributed by atoms with E-state index in [0.717, 1.165) is 25.9 Å². The first kappa shape index (κ1) is 34.0. The Morgan fingerprint density at radius 1 is 0.978 bits per heavy atom. The Kier molecular flexibility index (Phi) is 8.60. The molecule has 14 unspecified atom stereocenters. The third-order valence-corrected chi connectivity index (χ3v) is 14.8. The van der Waals surface area contributed by atoms with Crippen molar-refractivity contribution in [1.29, 1.82) is 0 Å². The highest BCUT2D eigenvalue weighted by atomic mass is 16.7. The van der Waals surface area contributed by atoms with Crippen LogP contribution < -0.4 is 0 Å². The van der Waals surface area contributed by atoms with Crippen molar-refractivity contribution in [3.8, 4) is 0 Å². The molecule has 2 heterocycles. The molecule has 3 saturated carbocycles. The fourth-order valence-corrected chi connectivity index (χ4v) is 11.6. The van der Waals surface area contributed by atoms with Crippen LogP contribution >= 0.6 is 0 Å². The van der Waals surface area contributed by atoms with Gasteiger partial charge in [0.2, 0.25) is 0 Å². The lowest BCUT2D eigenvalue weighted by Gasteiger charge is -2.65. The molecular weight excluding hydrogens is 572 g/mol. The van der Waals surface area contributed by atoms with Crippen LogP contribution in [0.3, 0.4) is 0 Å². The number of ether oxygens (including phenoxy) is 4. The van der Waals surface area contributed by atoms with E-state index in [0.29, 0.717) is 23.7 Å². The number of fused-ring (bicyclic) bond motifs is 2. The van der Waals surface area contributed by atoms with Gasteiger partial charge in [0, 0.05) is 23.9 Å². The zero-order valence-electron chi connectivity index (χ0n) is 28.9. The lowest BCUT2D eigenvalue weighted by Crippen LogP contribution is -2.66. The van der Waals surface area contributed by atoms with Gasteiger partial charge in [-0.3, -0.25) is 0 Å². The molecule has 0 radical (unpaired) electrons. The van der Waals surface area contributed by atoms with E-state index >= 15 is 0 Å². The van der Waals surface area contributed by atoms with E-state index in [4.69, 9.17) is 18.9 Å². The van der Waals surface area contributed by atoms with Crippen molar-refractivity contribution in [2.45, 2.75) is 141 Å². The van der Waals surface area contributed by atoms with Gasteiger partial charge in [-0.25, -0.2) is 0 Å². The summed E-state index contributed by atoms with van der Waals surface area (Å²) >= 11 is 0. The monoisotopic (exact) mass is 632 g/mol. The van der Waals surface area contributed by atoms with Gasteiger partial charge in [0.05, 0.1) is 30.5 Å². The molecular formula is C37H60O8. The van der Waals surface area contributed by atoms with Gasteiger partial charge in [-0.2, -0.15) is 0 Å². The predicted molar refractivity (Wildman–Crippen MR) is 171 cm³/mol. The van der Waals surface area contributed by atoms with Crippen molar-refractivity contribution in [2.75, 3.05) is 20.3 Å². The van der Waals surface area contributed by atoms with E-state index in [1.54, 1.807) is 7.11 Å². The summed E-state index contributed by atoms with van der Waals surface area (Å²) in [5.74, 6) is 2.12. The molecule has 4 aliphatic carbocycles. The van der Waals surface area contributed by atoms with Crippen molar-refractivity contribution in [3.05, 3.63) is 24.3 Å². The zero-order valence-corrected chi connectivity index (χ0v) is 28.9. The molecule has 6 rings (SSSR count). The number of hydrogen-bond donors (Lipinski definition) is 4. The van der Waals surface area contributed by atoms with Gasteiger partial charge >= 0.3 is 0 Å². The van der Waals surface area contributed by atoms with Crippen LogP contribution in [-0.2, 0) is 18.9 Å². The number of methoxy groups -OCH3 is 1. The molecule has 2 saturated heterocycles. The number of aliphatic hydroxyl groups excluding tert-OH is 4. The number of allylic oxidation sites excluding steroid dienone is 2. The quantitative estimate of drug-likeness (QED) is 0.283. The van der Waals surface area contributed by atoms with Crippen LogP contribution in [0.1, 0.15) is 93.4 Å². The second kappa shape index (κ2) is 11.4. The molecule has 0 amide bonds. The maximum atomic E-state index is 10.7. The van der Waals surface area contributed by atoms with E-state index < -0.39 is 48.3 Å². The summed E-state index contributed by atoms with van der Waals surface area (Å²) in [5.41, 5.74) is -0.609. The highest BCUT2D eigenvalue weighted by Gasteiger charge is 2.75. The Morgan fingerprint density at radius 3 is 2.40 bits per heavy atom. The lowest BCUT2D eigenvalue weighted by atomic mass is 9.38. The molecule has 0 aromatic heterocycles. The van der Waals surface area contributed by atoms with Crippen LogP contribution in [0, 0.1) is 45.3 Å². The molecule has 14 atom stereocenters. The van der Waals surface area contributed by atoms with E-state index in [1.165, 1.54) is 25.7 Å². The minimum Gasteiger partial charge on any atom is -0.394 e. The van der Waals surface area contributed by atoms with E-state index in [1.807, 2.05) is 0 Å². The van der Waals surface area contributed by atoms with E-state index in [2.05, 4.69) is 72.8 Å². The molecule has 256 valence electrons. The van der Waals surface area contributed by atoms with Crippen LogP contribution in [0.2, 0.25) is 0 Å². The molecule has 0 aromatic carbocycles. The van der Waals surface area contributed by atoms with Crippen molar-refractivity contribution >= 4 is 0 Å². The molecule has 45 heavy (non-hydrogen) atoms. The minimum atomic E-state index is -1.46. The van der Waals surface area contributed by atoms with Crippen molar-refractivity contribution < 1.29 is 39.4 Å². The molecule has 6 aliphatic rings. The molecule has 8 nitrogen and oxygen atoms in total. The van der Waals surface area contributed by atoms with Crippen molar-refractivity contribution in [3.63, 3.8) is 0 Å². The third-order valence-electron chi connectivity index (χ3n) is 14.8. The standard InChI is InChI=1S/C37H60O8/c1-22(10-9-15-32(2,3)42-8)23-13-16-35(7)25-14-17-37-26(36(25,21-43-37)19-18-34(23,35)6)11-12-27(33(37,4)5)45-31-30(41)29(40)28(39)24(20-38)44-31/h9,14-15,17,22-31,38-41H,10-13,16,18-21H2,1-8H3/b15-9+. The number of aliphatic hydroxyl groups is 4. The van der Waals surface area contributed by atoms with E-state index in [-0.39, 0.29) is 27.9 Å². The van der Waals surface area contributed by atoms with Crippen molar-refractivity contribution in [2.24, 2.45) is 45.3 Å². The minimum absolute atomic E-state index is 0.0922. The predicted octanol–water partition coefficient (Wildman–Crippen LogP) is 4.77. The Balaban J connectivity index is 1.24. The smallest absolute Gasteiger partial charge is 0.186 e. The largest absolute Gasteiger partial charge is 0.394 e. The van der Waals surface area contributed by atoms with E-state index in [9.17, 15) is 20.4 Å². The Morgan fingerprint density at radius 2 is 1.71 bits per heavy atom. The van der Waals surface area contributed by atoms with Crippen LogP contribution in [0.5, 0.6) is 0 Å². The second-order valence-electron chi connectivity index (χ2n) is 17.2. The summed E-state index contributed by atoms with van der Waals surface area (Å²) in [7, 11) is 1.77. The van der Waals surface area contributed by atoms with Gasteiger partial charge in [-0.05, 0) is 87.4 Å². The average molecular weight is 633 g/mol. The summed E-state index contributed by atoms with van der Waals surface area (Å²) < 4.78 is 24.9. The number of rotatable bonds is 8. The van der Waals surface area contributed by atoms with Gasteiger partial charge in [0.15, 0.2) is 6.29 Å². The van der Waals surface area contributed by atoms with Gasteiger partial charge in [-0.1, -0.05) is 58.9 Å². The average Bonchev–Trinajstić information content (AvgIpc) is 3.39. The summed E-state index contributed by atoms with van der Waals surface area (Å²) in [4.78, 5) is 0. The Labute approximate surface area is 270 Å². The normalized spacial score (nSPS) is 51.2.